The molecule has 0 atom stereocenters. The van der Waals surface area contributed by atoms with E-state index < -0.39 is 11.6 Å². The minimum atomic E-state index is -0.631. The summed E-state index contributed by atoms with van der Waals surface area (Å²) in [5.41, 5.74) is 1.11. The van der Waals surface area contributed by atoms with Crippen molar-refractivity contribution in [3.63, 3.8) is 0 Å². The van der Waals surface area contributed by atoms with Crippen LogP contribution in [0.15, 0.2) is 16.9 Å². The van der Waals surface area contributed by atoms with Gasteiger partial charge in [-0.3, -0.25) is 0 Å². The molecule has 102 valence electrons. The normalized spacial score (nSPS) is 10.8. The van der Waals surface area contributed by atoms with Crippen molar-refractivity contribution in [2.75, 3.05) is 14.2 Å². The molecule has 19 heavy (non-hydrogen) atoms. The average Bonchev–Trinajstić information content (AvgIpc) is 2.73. The third kappa shape index (κ3) is 2.76. The Morgan fingerprint density at radius 2 is 2.11 bits per heavy atom. The maximum absolute atomic E-state index is 14.0. The second-order valence-electron chi connectivity index (χ2n) is 3.85. The lowest BCUT2D eigenvalue weighted by atomic mass is 10.1. The van der Waals surface area contributed by atoms with Crippen LogP contribution < -0.4 is 10.1 Å². The second-order valence-corrected chi connectivity index (χ2v) is 4.60. The molecule has 1 aromatic heterocycles. The molecule has 0 radical (unpaired) electrons. The molecule has 4 nitrogen and oxygen atoms in total. The van der Waals surface area contributed by atoms with Crippen LogP contribution in [0.1, 0.15) is 5.69 Å². The lowest BCUT2D eigenvalue weighted by Gasteiger charge is -2.07. The zero-order chi connectivity index (χ0) is 14.0. The molecule has 0 amide bonds. The van der Waals surface area contributed by atoms with E-state index in [9.17, 15) is 8.78 Å². The number of hydrogen-bond donors (Lipinski definition) is 2. The molecule has 0 aliphatic carbocycles. The first kappa shape index (κ1) is 14.0. The van der Waals surface area contributed by atoms with Crippen LogP contribution in [0.2, 0.25) is 0 Å². The highest BCUT2D eigenvalue weighted by atomic mass is 79.9. The van der Waals surface area contributed by atoms with Crippen molar-refractivity contribution in [2.24, 2.45) is 0 Å². The van der Waals surface area contributed by atoms with Gasteiger partial charge in [-0.15, -0.1) is 0 Å². The Balaban J connectivity index is 2.55. The van der Waals surface area contributed by atoms with Crippen LogP contribution in [0.4, 0.5) is 8.78 Å². The molecule has 2 N–H and O–H groups in total. The number of nitrogens with zero attached hydrogens (tertiary/aromatic N) is 1. The minimum absolute atomic E-state index is 0.0884. The zero-order valence-electron chi connectivity index (χ0n) is 10.4. The van der Waals surface area contributed by atoms with Crippen molar-refractivity contribution >= 4 is 15.9 Å². The summed E-state index contributed by atoms with van der Waals surface area (Å²) in [6, 6.07) is 2.09. The molecule has 2 aromatic rings. The van der Waals surface area contributed by atoms with Gasteiger partial charge >= 0.3 is 0 Å². The maximum Gasteiger partial charge on any atom is 0.175 e. The number of aromatic nitrogens is 2. The van der Waals surface area contributed by atoms with Crippen LogP contribution in [-0.4, -0.2) is 24.1 Å². The molecule has 0 saturated heterocycles. The van der Waals surface area contributed by atoms with Crippen LogP contribution in [0.5, 0.6) is 5.75 Å². The van der Waals surface area contributed by atoms with Crippen molar-refractivity contribution in [3.8, 4) is 17.0 Å². The summed E-state index contributed by atoms with van der Waals surface area (Å²) < 4.78 is 32.9. The summed E-state index contributed by atoms with van der Waals surface area (Å²) in [6.45, 7) is 0.459. The summed E-state index contributed by atoms with van der Waals surface area (Å²) in [5.74, 6) is -1.35. The van der Waals surface area contributed by atoms with Gasteiger partial charge in [0.1, 0.15) is 5.82 Å². The number of aromatic amines is 1. The molecular weight excluding hydrogens is 320 g/mol. The molecule has 0 unspecified atom stereocenters. The van der Waals surface area contributed by atoms with Gasteiger partial charge in [0.2, 0.25) is 0 Å². The molecule has 1 heterocycles. The molecule has 0 fully saturated rings. The highest BCUT2D eigenvalue weighted by Crippen LogP contribution is 2.30. The van der Waals surface area contributed by atoms with Crippen molar-refractivity contribution in [1.82, 2.24) is 15.3 Å². The van der Waals surface area contributed by atoms with Crippen LogP contribution in [-0.2, 0) is 6.54 Å². The summed E-state index contributed by atoms with van der Waals surface area (Å²) in [5, 5.41) is 2.93. The molecular formula is C12H12BrF2N3O. The standard InChI is InChI=1S/C12H12BrF2N3O/c1-16-5-9-11(18-12(13)17-9)6-3-8(15)10(19-2)4-7(6)14/h3-4,16H,5H2,1-2H3,(H,17,18). The Labute approximate surface area is 117 Å². The molecule has 0 aliphatic rings. The van der Waals surface area contributed by atoms with Gasteiger partial charge in [0.15, 0.2) is 16.3 Å². The van der Waals surface area contributed by atoms with Crippen molar-refractivity contribution in [2.45, 2.75) is 6.54 Å². The SMILES string of the molecule is CNCc1[nH]c(Br)nc1-c1cc(F)c(OC)cc1F. The summed E-state index contributed by atoms with van der Waals surface area (Å²) >= 11 is 3.19. The van der Waals surface area contributed by atoms with E-state index in [-0.39, 0.29) is 11.3 Å². The minimum Gasteiger partial charge on any atom is -0.494 e. The van der Waals surface area contributed by atoms with Crippen LogP contribution in [0.25, 0.3) is 11.3 Å². The Bertz CT molecular complexity index is 601. The predicted molar refractivity (Wildman–Crippen MR) is 71.0 cm³/mol. The lowest BCUT2D eigenvalue weighted by Crippen LogP contribution is -2.07. The van der Waals surface area contributed by atoms with Gasteiger partial charge in [-0.25, -0.2) is 13.8 Å². The van der Waals surface area contributed by atoms with Crippen LogP contribution >= 0.6 is 15.9 Å². The Morgan fingerprint density at radius 1 is 1.37 bits per heavy atom. The van der Waals surface area contributed by atoms with Crippen molar-refractivity contribution in [3.05, 3.63) is 34.2 Å². The Hall–Kier alpha value is -1.47. The zero-order valence-corrected chi connectivity index (χ0v) is 11.9. The number of H-pyrrole nitrogens is 1. The van der Waals surface area contributed by atoms with Gasteiger partial charge in [0.05, 0.1) is 18.5 Å². The highest BCUT2D eigenvalue weighted by molar-refractivity contribution is 9.10. The number of nitrogens with one attached hydrogen (secondary N) is 2. The third-order valence-corrected chi connectivity index (χ3v) is 2.98. The van der Waals surface area contributed by atoms with E-state index in [0.717, 1.165) is 12.1 Å². The molecule has 0 saturated carbocycles. The topological polar surface area (TPSA) is 49.9 Å². The second kappa shape index (κ2) is 5.66. The van der Waals surface area contributed by atoms with Crippen molar-refractivity contribution in [1.29, 1.82) is 0 Å². The summed E-state index contributed by atoms with van der Waals surface area (Å²) in [4.78, 5) is 7.07. The van der Waals surface area contributed by atoms with E-state index in [4.69, 9.17) is 4.74 Å². The van der Waals surface area contributed by atoms with Gasteiger partial charge in [-0.1, -0.05) is 0 Å². The van der Waals surface area contributed by atoms with Crippen molar-refractivity contribution < 1.29 is 13.5 Å². The molecule has 1 aromatic carbocycles. The highest BCUT2D eigenvalue weighted by Gasteiger charge is 2.18. The Kier molecular flexibility index (Phi) is 4.16. The van der Waals surface area contributed by atoms with E-state index in [1.807, 2.05) is 0 Å². The molecule has 0 aliphatic heterocycles. The quantitative estimate of drug-likeness (QED) is 0.905. The Morgan fingerprint density at radius 3 is 2.74 bits per heavy atom. The molecule has 7 heteroatoms. The van der Waals surface area contributed by atoms with Crippen LogP contribution in [0.3, 0.4) is 0 Å². The number of halogens is 3. The van der Waals surface area contributed by atoms with E-state index >= 15 is 0 Å². The fourth-order valence-corrected chi connectivity index (χ4v) is 2.19. The maximum atomic E-state index is 14.0. The summed E-state index contributed by atoms with van der Waals surface area (Å²) in [7, 11) is 3.04. The van der Waals surface area contributed by atoms with Gasteiger partial charge in [-0.2, -0.15) is 0 Å². The number of imidazole rings is 1. The van der Waals surface area contributed by atoms with E-state index in [0.29, 0.717) is 22.7 Å². The first-order chi connectivity index (χ1) is 9.06. The number of rotatable bonds is 4. The number of benzene rings is 1. The fourth-order valence-electron chi connectivity index (χ4n) is 1.77. The smallest absolute Gasteiger partial charge is 0.175 e. The first-order valence-corrected chi connectivity index (χ1v) is 6.28. The fraction of sp³-hybridized carbons (Fsp3) is 0.250. The first-order valence-electron chi connectivity index (χ1n) is 5.49. The van der Waals surface area contributed by atoms with E-state index in [1.54, 1.807) is 7.05 Å². The monoisotopic (exact) mass is 331 g/mol. The molecule has 0 bridgehead atoms. The predicted octanol–water partition coefficient (Wildman–Crippen LogP) is 2.85. The van der Waals surface area contributed by atoms with E-state index in [1.165, 1.54) is 7.11 Å². The lowest BCUT2D eigenvalue weighted by molar-refractivity contribution is 0.383. The van der Waals surface area contributed by atoms with Crippen LogP contribution in [0, 0.1) is 11.6 Å². The number of ether oxygens (including phenoxy) is 1. The number of hydrogen-bond acceptors (Lipinski definition) is 3. The molecule has 2 rings (SSSR count). The largest absolute Gasteiger partial charge is 0.494 e. The number of methoxy groups -OCH3 is 1. The van der Waals surface area contributed by atoms with Gasteiger partial charge in [0, 0.05) is 18.2 Å². The third-order valence-electron chi connectivity index (χ3n) is 2.60. The van der Waals surface area contributed by atoms with Gasteiger partial charge in [-0.05, 0) is 29.0 Å². The summed E-state index contributed by atoms with van der Waals surface area (Å²) in [6.07, 6.45) is 0. The van der Waals surface area contributed by atoms with E-state index in [2.05, 4.69) is 31.2 Å². The average molecular weight is 332 g/mol. The molecule has 0 spiro atoms. The van der Waals surface area contributed by atoms with Gasteiger partial charge in [0.25, 0.3) is 0 Å². The van der Waals surface area contributed by atoms with Gasteiger partial charge < -0.3 is 15.0 Å².